The van der Waals surface area contributed by atoms with E-state index in [0.29, 0.717) is 9.13 Å². The summed E-state index contributed by atoms with van der Waals surface area (Å²) >= 11 is 0. The first-order chi connectivity index (χ1) is 14.9. The molecule has 0 spiro atoms. The van der Waals surface area contributed by atoms with Gasteiger partial charge in [-0.15, -0.1) is 13.2 Å². The van der Waals surface area contributed by atoms with Crippen LogP contribution >= 0.6 is 0 Å². The van der Waals surface area contributed by atoms with Crippen LogP contribution < -0.4 is 17.1 Å². The largest absolute Gasteiger partial charge is 0.460 e. The van der Waals surface area contributed by atoms with Crippen molar-refractivity contribution < 1.29 is 39.5 Å². The average Bonchev–Trinajstić information content (AvgIpc) is 2.69. The maximum absolute atomic E-state index is 14.1. The van der Waals surface area contributed by atoms with E-state index in [1.54, 1.807) is 0 Å². The van der Waals surface area contributed by atoms with E-state index in [9.17, 15) is 53.9 Å². The number of nitrogens with zero attached hydrogens (tertiary/aromatic N) is 3. The van der Waals surface area contributed by atoms with Gasteiger partial charge in [0, 0.05) is 13.0 Å². The van der Waals surface area contributed by atoms with Crippen molar-refractivity contribution >= 4 is 0 Å². The minimum Gasteiger partial charge on any atom is -0.247 e. The van der Waals surface area contributed by atoms with Gasteiger partial charge in [-0.05, 0) is 5.92 Å². The van der Waals surface area contributed by atoms with Gasteiger partial charge in [0.25, 0.3) is 0 Å². The fourth-order valence-electron chi connectivity index (χ4n) is 2.90. The Balaban J connectivity index is 3.51. The molecule has 0 radical (unpaired) electrons. The summed E-state index contributed by atoms with van der Waals surface area (Å²) in [5.74, 6) is -21.6. The summed E-state index contributed by atoms with van der Waals surface area (Å²) in [7, 11) is 0. The fraction of sp³-hybridized carbons (Fsp3) is 0.611. The molecule has 0 aromatic carbocycles. The van der Waals surface area contributed by atoms with Gasteiger partial charge in [0.05, 0.1) is 13.1 Å². The number of allylic oxidation sites excluding steroid dienone is 2. The minimum atomic E-state index is -7.05. The highest BCUT2D eigenvalue weighted by Gasteiger charge is 2.81. The molecule has 33 heavy (non-hydrogen) atoms. The van der Waals surface area contributed by atoms with Crippen LogP contribution in [0.5, 0.6) is 0 Å². The summed E-state index contributed by atoms with van der Waals surface area (Å²) in [6.45, 7) is 5.78. The Morgan fingerprint density at radius 2 is 1.15 bits per heavy atom. The Morgan fingerprint density at radius 3 is 1.48 bits per heavy atom. The zero-order valence-corrected chi connectivity index (χ0v) is 17.1. The second-order valence-corrected chi connectivity index (χ2v) is 7.09. The summed E-state index contributed by atoms with van der Waals surface area (Å²) < 4.78 is 120. The summed E-state index contributed by atoms with van der Waals surface area (Å²) in [6.07, 6.45) is -7.52. The lowest BCUT2D eigenvalue weighted by molar-refractivity contribution is -0.397. The average molecular weight is 497 g/mol. The second-order valence-electron chi connectivity index (χ2n) is 7.09. The number of hydrogen-bond acceptors (Lipinski definition) is 3. The van der Waals surface area contributed by atoms with Crippen molar-refractivity contribution in [3.05, 3.63) is 56.8 Å². The Labute approximate surface area is 180 Å². The van der Waals surface area contributed by atoms with Crippen LogP contribution in [0.1, 0.15) is 19.8 Å². The van der Waals surface area contributed by atoms with Crippen molar-refractivity contribution in [2.24, 2.45) is 5.92 Å². The van der Waals surface area contributed by atoms with Crippen molar-refractivity contribution in [3.8, 4) is 0 Å². The van der Waals surface area contributed by atoms with E-state index in [1.165, 1.54) is 0 Å². The molecule has 188 valence electrons. The SMILES string of the molecule is C=CCn1c(=O)n(CC=C)c(=O)n(CC(CC)CC(F)(F)C(F)(F)C(F)(F)C(F)(F)F)c1=O. The predicted molar refractivity (Wildman–Crippen MR) is 98.9 cm³/mol. The van der Waals surface area contributed by atoms with Gasteiger partial charge in [-0.1, -0.05) is 25.5 Å². The third-order valence-corrected chi connectivity index (χ3v) is 4.78. The number of hydrogen-bond donors (Lipinski definition) is 0. The molecule has 0 N–H and O–H groups in total. The lowest BCUT2D eigenvalue weighted by Crippen LogP contribution is -2.61. The predicted octanol–water partition coefficient (Wildman–Crippen LogP) is 3.43. The second kappa shape index (κ2) is 9.63. The van der Waals surface area contributed by atoms with Crippen LogP contribution in [0.25, 0.3) is 0 Å². The zero-order valence-electron chi connectivity index (χ0n) is 17.1. The van der Waals surface area contributed by atoms with Crippen LogP contribution in [-0.2, 0) is 19.6 Å². The standard InChI is InChI=1S/C18H20F9N3O3/c1-4-7-28-12(31)29(8-5-2)14(33)30(13(28)32)10-11(6-3)9-15(19,20)16(21,22)17(23,24)18(25,26)27/h4-5,11H,1-2,6-10H2,3H3. The Hall–Kier alpha value is -2.74. The van der Waals surface area contributed by atoms with E-state index in [0.717, 1.165) is 19.1 Å². The Bertz CT molecular complexity index is 1000. The van der Waals surface area contributed by atoms with Gasteiger partial charge in [0.15, 0.2) is 0 Å². The Kier molecular flexibility index (Phi) is 8.26. The van der Waals surface area contributed by atoms with E-state index in [-0.39, 0.29) is 4.57 Å². The molecule has 1 heterocycles. The Morgan fingerprint density at radius 1 is 0.758 bits per heavy atom. The summed E-state index contributed by atoms with van der Waals surface area (Å²) in [4.78, 5) is 37.3. The molecule has 1 unspecified atom stereocenters. The van der Waals surface area contributed by atoms with Crippen molar-refractivity contribution in [1.29, 1.82) is 0 Å². The van der Waals surface area contributed by atoms with E-state index >= 15 is 0 Å². The topological polar surface area (TPSA) is 66.0 Å². The number of halogens is 9. The van der Waals surface area contributed by atoms with Crippen LogP contribution in [0.4, 0.5) is 39.5 Å². The van der Waals surface area contributed by atoms with Crippen LogP contribution in [0, 0.1) is 5.92 Å². The van der Waals surface area contributed by atoms with Gasteiger partial charge in [-0.3, -0.25) is 0 Å². The molecule has 0 saturated carbocycles. The van der Waals surface area contributed by atoms with Gasteiger partial charge >= 0.3 is 41.0 Å². The van der Waals surface area contributed by atoms with Crippen molar-refractivity contribution in [2.75, 3.05) is 0 Å². The van der Waals surface area contributed by atoms with E-state index in [1.807, 2.05) is 0 Å². The third-order valence-electron chi connectivity index (χ3n) is 4.78. The highest BCUT2D eigenvalue weighted by Crippen LogP contribution is 2.54. The van der Waals surface area contributed by atoms with E-state index in [4.69, 9.17) is 0 Å². The molecule has 0 bridgehead atoms. The summed E-state index contributed by atoms with van der Waals surface area (Å²) in [5.41, 5.74) is -3.78. The molecule has 0 aliphatic carbocycles. The van der Waals surface area contributed by atoms with Crippen molar-refractivity contribution in [1.82, 2.24) is 13.7 Å². The molecule has 1 aromatic rings. The van der Waals surface area contributed by atoms with Gasteiger partial charge < -0.3 is 0 Å². The maximum atomic E-state index is 14.1. The van der Waals surface area contributed by atoms with Crippen LogP contribution in [0.15, 0.2) is 39.7 Å². The number of alkyl halides is 9. The minimum absolute atomic E-state index is 0.235. The molecule has 1 rings (SSSR count). The molecule has 0 aliphatic heterocycles. The quantitative estimate of drug-likeness (QED) is 0.348. The van der Waals surface area contributed by atoms with Crippen LogP contribution in [0.2, 0.25) is 0 Å². The van der Waals surface area contributed by atoms with E-state index < -0.39 is 79.4 Å². The van der Waals surface area contributed by atoms with Crippen molar-refractivity contribution in [2.45, 2.75) is 63.3 Å². The van der Waals surface area contributed by atoms with Crippen molar-refractivity contribution in [3.63, 3.8) is 0 Å². The fourth-order valence-corrected chi connectivity index (χ4v) is 2.90. The molecule has 6 nitrogen and oxygen atoms in total. The molecule has 0 aliphatic rings. The highest BCUT2D eigenvalue weighted by atomic mass is 19.4. The molecular weight excluding hydrogens is 477 g/mol. The van der Waals surface area contributed by atoms with Gasteiger partial charge in [-0.25, -0.2) is 28.1 Å². The number of aromatic nitrogens is 3. The molecular formula is C18H20F9N3O3. The first kappa shape index (κ1) is 28.3. The van der Waals surface area contributed by atoms with Crippen LogP contribution in [-0.4, -0.2) is 37.6 Å². The highest BCUT2D eigenvalue weighted by molar-refractivity contribution is 5.01. The molecule has 1 atom stereocenters. The molecule has 0 saturated heterocycles. The zero-order chi connectivity index (χ0) is 26.0. The van der Waals surface area contributed by atoms with E-state index in [2.05, 4.69) is 13.2 Å². The lowest BCUT2D eigenvalue weighted by atomic mass is 9.91. The molecule has 0 amide bonds. The van der Waals surface area contributed by atoms with Gasteiger partial charge in [-0.2, -0.15) is 39.5 Å². The van der Waals surface area contributed by atoms with Crippen LogP contribution in [0.3, 0.4) is 0 Å². The number of rotatable bonds is 11. The third kappa shape index (κ3) is 5.11. The smallest absolute Gasteiger partial charge is 0.247 e. The normalized spacial score (nSPS) is 14.2. The monoisotopic (exact) mass is 497 g/mol. The first-order valence-corrected chi connectivity index (χ1v) is 9.27. The molecule has 1 aromatic heterocycles. The lowest BCUT2D eigenvalue weighted by Gasteiger charge is -2.35. The molecule has 0 fully saturated rings. The first-order valence-electron chi connectivity index (χ1n) is 9.27. The maximum Gasteiger partial charge on any atom is 0.460 e. The summed E-state index contributed by atoms with van der Waals surface area (Å²) in [5, 5.41) is 0. The van der Waals surface area contributed by atoms with Gasteiger partial charge in [0.2, 0.25) is 0 Å². The summed E-state index contributed by atoms with van der Waals surface area (Å²) in [6, 6.07) is 0. The molecule has 15 heteroatoms. The van der Waals surface area contributed by atoms with Gasteiger partial charge in [0.1, 0.15) is 0 Å².